The van der Waals surface area contributed by atoms with Gasteiger partial charge >= 0.3 is 0 Å². The van der Waals surface area contributed by atoms with Crippen molar-refractivity contribution in [1.82, 2.24) is 15.0 Å². The number of ether oxygens (including phenoxy) is 1. The van der Waals surface area contributed by atoms with Crippen LogP contribution >= 0.6 is 23.2 Å². The van der Waals surface area contributed by atoms with E-state index in [2.05, 4.69) is 10.3 Å². The van der Waals surface area contributed by atoms with Crippen molar-refractivity contribution in [2.75, 3.05) is 6.61 Å². The Labute approximate surface area is 206 Å². The summed E-state index contributed by atoms with van der Waals surface area (Å²) < 4.78 is 73.2. The topological polar surface area (TPSA) is 135 Å². The number of rotatable bonds is 5. The highest BCUT2D eigenvalue weighted by Crippen LogP contribution is 2.36. The molecule has 0 spiro atoms. The van der Waals surface area contributed by atoms with Crippen LogP contribution in [0, 0.1) is 17.5 Å². The van der Waals surface area contributed by atoms with E-state index in [0.29, 0.717) is 12.1 Å². The van der Waals surface area contributed by atoms with Gasteiger partial charge in [0.05, 0.1) is 27.7 Å². The van der Waals surface area contributed by atoms with E-state index in [1.807, 2.05) is 0 Å². The Balaban J connectivity index is 1.73. The third-order valence-electron chi connectivity index (χ3n) is 5.47. The molecule has 9 nitrogen and oxygen atoms in total. The van der Waals surface area contributed by atoms with Gasteiger partial charge in [-0.1, -0.05) is 28.4 Å². The van der Waals surface area contributed by atoms with Gasteiger partial charge < -0.3 is 20.1 Å². The molecular formula is C20H16Cl2F3N3O6S. The fourth-order valence-corrected chi connectivity index (χ4v) is 5.67. The van der Waals surface area contributed by atoms with Crippen molar-refractivity contribution in [2.24, 2.45) is 0 Å². The first-order valence-corrected chi connectivity index (χ1v) is 12.1. The zero-order valence-electron chi connectivity index (χ0n) is 17.3. The van der Waals surface area contributed by atoms with Crippen molar-refractivity contribution in [2.45, 2.75) is 34.7 Å². The van der Waals surface area contributed by atoms with Gasteiger partial charge in [0.25, 0.3) is 0 Å². The summed E-state index contributed by atoms with van der Waals surface area (Å²) in [6.07, 6.45) is -4.04. The summed E-state index contributed by atoms with van der Waals surface area (Å²) in [5.41, 5.74) is -2.36. The van der Waals surface area contributed by atoms with Gasteiger partial charge in [-0.05, 0) is 30.3 Å². The average Bonchev–Trinajstić information content (AvgIpc) is 3.28. The van der Waals surface area contributed by atoms with Gasteiger partial charge in [-0.15, -0.1) is 5.10 Å². The summed E-state index contributed by atoms with van der Waals surface area (Å²) in [5, 5.41) is 38.7. The molecule has 3 N–H and O–H groups in total. The lowest BCUT2D eigenvalue weighted by Gasteiger charge is -2.41. The first-order valence-electron chi connectivity index (χ1n) is 9.84. The molecule has 1 aromatic heterocycles. The molecular weight excluding hydrogens is 538 g/mol. The van der Waals surface area contributed by atoms with Crippen LogP contribution in [0.3, 0.4) is 0 Å². The van der Waals surface area contributed by atoms with Crippen molar-refractivity contribution in [3.05, 3.63) is 64.0 Å². The van der Waals surface area contributed by atoms with E-state index in [9.17, 15) is 36.9 Å². The van der Waals surface area contributed by atoms with Crippen molar-refractivity contribution in [1.29, 1.82) is 0 Å². The fraction of sp³-hybridized carbons (Fsp3) is 0.300. The van der Waals surface area contributed by atoms with Crippen LogP contribution in [0.25, 0.3) is 11.3 Å². The maximum Gasteiger partial charge on any atom is 0.207 e. The van der Waals surface area contributed by atoms with Crippen LogP contribution in [0.1, 0.15) is 6.04 Å². The highest BCUT2D eigenvalue weighted by atomic mass is 35.5. The molecule has 0 aliphatic carbocycles. The lowest BCUT2D eigenvalue weighted by Crippen LogP contribution is -2.58. The predicted octanol–water partition coefficient (Wildman–Crippen LogP) is 2.12. The summed E-state index contributed by atoms with van der Waals surface area (Å²) in [6.45, 7) is -0.826. The standard InChI is InChI=1S/C20H16Cl2F3N3O6S/c21-10-2-1-9(5-11(10)22)35(32,33)20-19(31)17(18(30)15(7-29)34-20)28-6-14(26-27-28)8-3-12(23)16(25)13(24)4-8/h1-6,15,17-20,29-31H,7H2/t15?,17?,18?,19-,20?/m0/s1. The van der Waals surface area contributed by atoms with Crippen LogP contribution < -0.4 is 0 Å². The molecule has 0 amide bonds. The molecule has 188 valence electrons. The van der Waals surface area contributed by atoms with Crippen LogP contribution in [-0.2, 0) is 14.6 Å². The highest BCUT2D eigenvalue weighted by Gasteiger charge is 2.51. The molecule has 0 radical (unpaired) electrons. The van der Waals surface area contributed by atoms with Crippen LogP contribution in [0.4, 0.5) is 13.2 Å². The number of aliphatic hydroxyl groups is 3. The Kier molecular flexibility index (Phi) is 7.12. The molecule has 3 aromatic rings. The number of benzene rings is 2. The number of sulfone groups is 1. The summed E-state index contributed by atoms with van der Waals surface area (Å²) in [7, 11) is -4.46. The SMILES string of the molecule is O=S(=O)(c1ccc(Cl)c(Cl)c1)C1OC(CO)C(O)C(n2cc(-c3cc(F)c(F)c(F)c3)nn2)[C@@H]1O. The van der Waals surface area contributed by atoms with E-state index in [0.717, 1.165) is 23.0 Å². The van der Waals surface area contributed by atoms with E-state index in [1.165, 1.54) is 6.07 Å². The smallest absolute Gasteiger partial charge is 0.207 e. The highest BCUT2D eigenvalue weighted by molar-refractivity contribution is 7.92. The molecule has 0 bridgehead atoms. The predicted molar refractivity (Wildman–Crippen MR) is 116 cm³/mol. The van der Waals surface area contributed by atoms with E-state index in [-0.39, 0.29) is 26.2 Å². The second-order valence-electron chi connectivity index (χ2n) is 7.66. The summed E-state index contributed by atoms with van der Waals surface area (Å²) in [4.78, 5) is -0.348. The molecule has 35 heavy (non-hydrogen) atoms. The van der Waals surface area contributed by atoms with Crippen molar-refractivity contribution in [3.63, 3.8) is 0 Å². The Bertz CT molecular complexity index is 1350. The lowest BCUT2D eigenvalue weighted by atomic mass is 9.97. The van der Waals surface area contributed by atoms with Crippen molar-refractivity contribution >= 4 is 33.0 Å². The van der Waals surface area contributed by atoms with E-state index in [4.69, 9.17) is 27.9 Å². The van der Waals surface area contributed by atoms with Crippen LogP contribution in [0.5, 0.6) is 0 Å². The summed E-state index contributed by atoms with van der Waals surface area (Å²) in [6, 6.07) is 3.22. The summed E-state index contributed by atoms with van der Waals surface area (Å²) in [5.74, 6) is -4.64. The van der Waals surface area contributed by atoms with Crippen LogP contribution in [0.2, 0.25) is 10.0 Å². The molecule has 2 aromatic carbocycles. The van der Waals surface area contributed by atoms with E-state index < -0.39 is 63.7 Å². The zero-order valence-corrected chi connectivity index (χ0v) is 19.6. The fourth-order valence-electron chi connectivity index (χ4n) is 3.68. The van der Waals surface area contributed by atoms with Gasteiger partial charge in [-0.2, -0.15) is 0 Å². The normalized spacial score (nSPS) is 25.1. The third-order valence-corrected chi connectivity index (χ3v) is 8.12. The number of hydrogen-bond donors (Lipinski definition) is 3. The number of halogens is 5. The molecule has 0 saturated carbocycles. The Hall–Kier alpha value is -2.26. The molecule has 2 heterocycles. The molecule has 5 atom stereocenters. The van der Waals surface area contributed by atoms with Gasteiger partial charge in [-0.3, -0.25) is 0 Å². The lowest BCUT2D eigenvalue weighted by molar-refractivity contribution is -0.180. The minimum absolute atomic E-state index is 0.0759. The molecule has 1 fully saturated rings. The molecule has 4 rings (SSSR count). The molecule has 15 heteroatoms. The number of nitrogens with zero attached hydrogens (tertiary/aromatic N) is 3. The first kappa shape index (κ1) is 25.8. The molecule has 4 unspecified atom stereocenters. The maximum atomic E-state index is 13.6. The Morgan fingerprint density at radius 2 is 1.69 bits per heavy atom. The minimum Gasteiger partial charge on any atom is -0.394 e. The van der Waals surface area contributed by atoms with Gasteiger partial charge in [0.15, 0.2) is 22.9 Å². The largest absolute Gasteiger partial charge is 0.394 e. The average molecular weight is 554 g/mol. The Morgan fingerprint density at radius 3 is 2.29 bits per heavy atom. The summed E-state index contributed by atoms with van der Waals surface area (Å²) >= 11 is 11.7. The second kappa shape index (κ2) is 9.65. The molecule has 1 aliphatic rings. The van der Waals surface area contributed by atoms with Crippen LogP contribution in [0.15, 0.2) is 41.4 Å². The van der Waals surface area contributed by atoms with Gasteiger partial charge in [0, 0.05) is 5.56 Å². The first-order chi connectivity index (χ1) is 16.4. The van der Waals surface area contributed by atoms with E-state index >= 15 is 0 Å². The number of aliphatic hydroxyl groups excluding tert-OH is 3. The molecule has 1 saturated heterocycles. The third kappa shape index (κ3) is 4.65. The monoisotopic (exact) mass is 553 g/mol. The van der Waals surface area contributed by atoms with E-state index in [1.54, 1.807) is 0 Å². The Morgan fingerprint density at radius 1 is 1.03 bits per heavy atom. The maximum absolute atomic E-state index is 13.6. The second-order valence-corrected chi connectivity index (χ2v) is 10.5. The van der Waals surface area contributed by atoms with Crippen LogP contribution in [-0.4, -0.2) is 69.1 Å². The minimum atomic E-state index is -4.46. The van der Waals surface area contributed by atoms with Crippen molar-refractivity contribution in [3.8, 4) is 11.3 Å². The number of hydrogen-bond acceptors (Lipinski definition) is 8. The molecule has 1 aliphatic heterocycles. The van der Waals surface area contributed by atoms with Gasteiger partial charge in [0.2, 0.25) is 9.84 Å². The van der Waals surface area contributed by atoms with Gasteiger partial charge in [0.1, 0.15) is 30.0 Å². The van der Waals surface area contributed by atoms with Crippen molar-refractivity contribution < 1.29 is 41.6 Å². The quantitative estimate of drug-likeness (QED) is 0.409. The van der Waals surface area contributed by atoms with Gasteiger partial charge in [-0.25, -0.2) is 26.3 Å². The zero-order chi connectivity index (χ0) is 25.7. The number of aromatic nitrogens is 3.